The van der Waals surface area contributed by atoms with E-state index in [4.69, 9.17) is 9.47 Å². The molecule has 0 aliphatic heterocycles. The van der Waals surface area contributed by atoms with Crippen LogP contribution < -0.4 is 10.6 Å². The Morgan fingerprint density at radius 1 is 0.800 bits per heavy atom. The number of esters is 2. The van der Waals surface area contributed by atoms with Crippen LogP contribution in [0.15, 0.2) is 36.4 Å². The molecule has 2 aromatic rings. The van der Waals surface area contributed by atoms with Crippen molar-refractivity contribution in [2.45, 2.75) is 39.9 Å². The monoisotopic (exact) mass is 420 g/mol. The number of hydrogen-bond acceptors (Lipinski definition) is 5. The molecule has 0 radical (unpaired) electrons. The molecule has 0 atom stereocenters. The van der Waals surface area contributed by atoms with Crippen molar-refractivity contribution in [3.05, 3.63) is 59.2 Å². The van der Waals surface area contributed by atoms with E-state index in [0.717, 1.165) is 12.1 Å². The van der Waals surface area contributed by atoms with E-state index in [1.807, 2.05) is 0 Å². The number of carbonyl (C=O) groups excluding carboxylic acids is 3. The summed E-state index contributed by atoms with van der Waals surface area (Å²) in [7, 11) is 0. The summed E-state index contributed by atoms with van der Waals surface area (Å²) >= 11 is 0. The van der Waals surface area contributed by atoms with E-state index >= 15 is 0 Å². The zero-order chi connectivity index (χ0) is 22.4. The fourth-order valence-corrected chi connectivity index (χ4v) is 2.38. The van der Waals surface area contributed by atoms with Crippen LogP contribution in [0.5, 0.6) is 0 Å². The Hall–Kier alpha value is -3.49. The summed E-state index contributed by atoms with van der Waals surface area (Å²) in [6, 6.07) is 5.71. The van der Waals surface area contributed by atoms with Crippen LogP contribution in [0, 0.1) is 11.6 Å². The SMILES string of the molecule is CC(C)OC(=O)c1cc(NC(=O)Nc2ccc(F)cc2F)cc(C(=O)OC(C)C)c1. The molecule has 2 rings (SSSR count). The molecule has 0 aromatic heterocycles. The Labute approximate surface area is 172 Å². The first-order valence-electron chi connectivity index (χ1n) is 9.15. The maximum absolute atomic E-state index is 13.7. The summed E-state index contributed by atoms with van der Waals surface area (Å²) in [6.45, 7) is 6.66. The van der Waals surface area contributed by atoms with Crippen molar-refractivity contribution in [2.24, 2.45) is 0 Å². The Kier molecular flexibility index (Phi) is 7.46. The van der Waals surface area contributed by atoms with Crippen LogP contribution in [0.4, 0.5) is 25.0 Å². The number of amides is 2. The Bertz CT molecular complexity index is 920. The molecule has 2 aromatic carbocycles. The lowest BCUT2D eigenvalue weighted by Crippen LogP contribution is -2.21. The zero-order valence-electron chi connectivity index (χ0n) is 16.9. The fourth-order valence-electron chi connectivity index (χ4n) is 2.38. The van der Waals surface area contributed by atoms with Gasteiger partial charge in [-0.3, -0.25) is 0 Å². The highest BCUT2D eigenvalue weighted by atomic mass is 19.1. The number of nitrogens with one attached hydrogen (secondary N) is 2. The zero-order valence-corrected chi connectivity index (χ0v) is 16.9. The van der Waals surface area contributed by atoms with E-state index in [1.165, 1.54) is 18.2 Å². The first kappa shape index (κ1) is 22.8. The minimum Gasteiger partial charge on any atom is -0.459 e. The van der Waals surface area contributed by atoms with Gasteiger partial charge >= 0.3 is 18.0 Å². The van der Waals surface area contributed by atoms with Gasteiger partial charge in [-0.05, 0) is 58.0 Å². The van der Waals surface area contributed by atoms with Gasteiger partial charge in [-0.1, -0.05) is 0 Å². The molecule has 0 aliphatic rings. The minimum atomic E-state index is -0.958. The fraction of sp³-hybridized carbons (Fsp3) is 0.286. The highest BCUT2D eigenvalue weighted by Crippen LogP contribution is 2.20. The van der Waals surface area contributed by atoms with Gasteiger partial charge in [0.1, 0.15) is 11.6 Å². The first-order valence-corrected chi connectivity index (χ1v) is 9.15. The summed E-state index contributed by atoms with van der Waals surface area (Å²) in [4.78, 5) is 36.8. The molecule has 30 heavy (non-hydrogen) atoms. The van der Waals surface area contributed by atoms with Crippen molar-refractivity contribution in [3.63, 3.8) is 0 Å². The van der Waals surface area contributed by atoms with Crippen molar-refractivity contribution in [2.75, 3.05) is 10.6 Å². The third-order valence-corrected chi connectivity index (χ3v) is 3.53. The van der Waals surface area contributed by atoms with E-state index in [0.29, 0.717) is 6.07 Å². The van der Waals surface area contributed by atoms with Crippen molar-refractivity contribution >= 4 is 29.3 Å². The number of anilines is 2. The average Bonchev–Trinajstić information content (AvgIpc) is 2.62. The van der Waals surface area contributed by atoms with Gasteiger partial charge < -0.3 is 20.1 Å². The Morgan fingerprint density at radius 3 is 1.80 bits per heavy atom. The minimum absolute atomic E-state index is 0.0187. The van der Waals surface area contributed by atoms with Gasteiger partial charge in [0.25, 0.3) is 0 Å². The maximum Gasteiger partial charge on any atom is 0.338 e. The molecular weight excluding hydrogens is 398 g/mol. The largest absolute Gasteiger partial charge is 0.459 e. The van der Waals surface area contributed by atoms with Gasteiger partial charge in [0.2, 0.25) is 0 Å². The molecule has 160 valence electrons. The quantitative estimate of drug-likeness (QED) is 0.659. The van der Waals surface area contributed by atoms with E-state index in [2.05, 4.69) is 10.6 Å². The number of rotatable bonds is 6. The van der Waals surface area contributed by atoms with Crippen molar-refractivity contribution < 1.29 is 32.6 Å². The second-order valence-corrected chi connectivity index (χ2v) is 6.91. The van der Waals surface area contributed by atoms with Gasteiger partial charge in [0.05, 0.1) is 29.0 Å². The molecule has 2 amide bonds. The van der Waals surface area contributed by atoms with Crippen LogP contribution in [-0.2, 0) is 9.47 Å². The summed E-state index contributed by atoms with van der Waals surface area (Å²) in [5.41, 5.74) is -0.136. The second-order valence-electron chi connectivity index (χ2n) is 6.91. The number of hydrogen-bond donors (Lipinski definition) is 2. The van der Waals surface area contributed by atoms with Crippen LogP contribution in [0.3, 0.4) is 0 Å². The van der Waals surface area contributed by atoms with Gasteiger partial charge in [-0.25, -0.2) is 23.2 Å². The van der Waals surface area contributed by atoms with Gasteiger partial charge in [0.15, 0.2) is 0 Å². The van der Waals surface area contributed by atoms with Crippen LogP contribution in [-0.4, -0.2) is 30.2 Å². The average molecular weight is 420 g/mol. The highest BCUT2D eigenvalue weighted by molar-refractivity contribution is 6.03. The molecule has 0 heterocycles. The predicted molar refractivity (Wildman–Crippen MR) is 107 cm³/mol. The highest BCUT2D eigenvalue weighted by Gasteiger charge is 2.18. The van der Waals surface area contributed by atoms with E-state index < -0.39 is 41.8 Å². The Morgan fingerprint density at radius 2 is 1.33 bits per heavy atom. The summed E-state index contributed by atoms with van der Waals surface area (Å²) in [6.07, 6.45) is -0.796. The number of benzene rings is 2. The first-order chi connectivity index (χ1) is 14.0. The van der Waals surface area contributed by atoms with Crippen molar-refractivity contribution in [3.8, 4) is 0 Å². The number of carbonyl (C=O) groups is 3. The number of ether oxygens (including phenoxy) is 2. The third-order valence-electron chi connectivity index (χ3n) is 3.53. The smallest absolute Gasteiger partial charge is 0.338 e. The molecular formula is C21H22F2N2O5. The van der Waals surface area contributed by atoms with Crippen LogP contribution >= 0.6 is 0 Å². The van der Waals surface area contributed by atoms with Gasteiger partial charge in [0, 0.05) is 11.8 Å². The van der Waals surface area contributed by atoms with Crippen LogP contribution in [0.1, 0.15) is 48.4 Å². The molecule has 2 N–H and O–H groups in total. The lowest BCUT2D eigenvalue weighted by atomic mass is 10.1. The molecule has 0 saturated carbocycles. The molecule has 0 fully saturated rings. The lowest BCUT2D eigenvalue weighted by molar-refractivity contribution is 0.0377. The molecule has 0 spiro atoms. The van der Waals surface area contributed by atoms with E-state index in [9.17, 15) is 23.2 Å². The molecule has 9 heteroatoms. The van der Waals surface area contributed by atoms with Crippen molar-refractivity contribution in [1.29, 1.82) is 0 Å². The second kappa shape index (κ2) is 9.82. The molecule has 7 nitrogen and oxygen atoms in total. The molecule has 0 unspecified atom stereocenters. The van der Waals surface area contributed by atoms with E-state index in [-0.39, 0.29) is 22.5 Å². The van der Waals surface area contributed by atoms with Crippen molar-refractivity contribution in [1.82, 2.24) is 0 Å². The maximum atomic E-state index is 13.7. The summed E-state index contributed by atoms with van der Waals surface area (Å²) in [5.74, 6) is -3.14. The Balaban J connectivity index is 2.28. The third kappa shape index (κ3) is 6.54. The van der Waals surface area contributed by atoms with Crippen LogP contribution in [0.2, 0.25) is 0 Å². The van der Waals surface area contributed by atoms with Gasteiger partial charge in [-0.15, -0.1) is 0 Å². The normalized spacial score (nSPS) is 10.7. The lowest BCUT2D eigenvalue weighted by Gasteiger charge is -2.14. The predicted octanol–water partition coefficient (Wildman–Crippen LogP) is 4.74. The van der Waals surface area contributed by atoms with Gasteiger partial charge in [-0.2, -0.15) is 0 Å². The molecule has 0 aliphatic carbocycles. The summed E-state index contributed by atoms with van der Waals surface area (Å²) < 4.78 is 37.0. The standard InChI is InChI=1S/C21H22F2N2O5/c1-11(2)29-19(26)13-7-14(20(27)30-12(3)4)9-16(8-13)24-21(28)25-18-6-5-15(22)10-17(18)23/h5-12H,1-4H3,(H2,24,25,28). The number of urea groups is 1. The van der Waals surface area contributed by atoms with Crippen LogP contribution in [0.25, 0.3) is 0 Å². The van der Waals surface area contributed by atoms with E-state index in [1.54, 1.807) is 27.7 Å². The summed E-state index contributed by atoms with van der Waals surface area (Å²) in [5, 5.41) is 4.63. The molecule has 0 saturated heterocycles. The molecule has 0 bridgehead atoms. The topological polar surface area (TPSA) is 93.7 Å². The number of halogens is 2.